The Kier molecular flexibility index (Phi) is 7.20. The average Bonchev–Trinajstić information content (AvgIpc) is 3.14. The van der Waals surface area contributed by atoms with Crippen LogP contribution >= 0.6 is 10.5 Å². The summed E-state index contributed by atoms with van der Waals surface area (Å²) in [6, 6.07) is 25.2. The first-order valence-electron chi connectivity index (χ1n) is 12.0. The summed E-state index contributed by atoms with van der Waals surface area (Å²) in [6.07, 6.45) is -0.642. The predicted octanol–water partition coefficient (Wildman–Crippen LogP) is 8.09. The van der Waals surface area contributed by atoms with Gasteiger partial charge < -0.3 is 14.2 Å². The topological polar surface area (TPSA) is 44.8 Å². The molecule has 0 fully saturated rings. The van der Waals surface area contributed by atoms with Gasteiger partial charge in [0.25, 0.3) is 0 Å². The van der Waals surface area contributed by atoms with Gasteiger partial charge in [0, 0.05) is 32.7 Å². The van der Waals surface area contributed by atoms with Crippen molar-refractivity contribution < 1.29 is 19.0 Å². The normalized spacial score (nSPS) is 13.2. The minimum atomic E-state index is -0.642. The number of thiophene rings is 1. The van der Waals surface area contributed by atoms with Crippen molar-refractivity contribution in [1.82, 2.24) is 0 Å². The van der Waals surface area contributed by atoms with Crippen LogP contribution in [0.15, 0.2) is 72.8 Å². The molecule has 4 aromatic rings. The molecule has 1 unspecified atom stereocenters. The molecule has 0 N–H and O–H groups in total. The van der Waals surface area contributed by atoms with Crippen LogP contribution in [0.3, 0.4) is 0 Å². The molecule has 3 aromatic carbocycles. The van der Waals surface area contributed by atoms with Gasteiger partial charge in [0.1, 0.15) is 5.75 Å². The highest BCUT2D eigenvalue weighted by Crippen LogP contribution is 2.48. The van der Waals surface area contributed by atoms with Gasteiger partial charge in [-0.25, -0.2) is 4.79 Å². The van der Waals surface area contributed by atoms with Gasteiger partial charge in [0.2, 0.25) is 6.29 Å². The van der Waals surface area contributed by atoms with Crippen LogP contribution in [0, 0.1) is 10.8 Å². The maximum absolute atomic E-state index is 12.6. The lowest BCUT2D eigenvalue weighted by Crippen LogP contribution is -2.37. The number of benzene rings is 3. The Balaban J connectivity index is 1.51. The van der Waals surface area contributed by atoms with Gasteiger partial charge in [-0.15, -0.1) is 0 Å². The van der Waals surface area contributed by atoms with E-state index in [4.69, 9.17) is 14.2 Å². The SMILES string of the molecule is CC(C)(C)COC(OC(=O)COc1cccc(-[s+]2c3ccccc3c3ccccc32)c1)C(C)(C)C. The van der Waals surface area contributed by atoms with E-state index in [2.05, 4.69) is 75.4 Å². The molecule has 4 nitrogen and oxygen atoms in total. The summed E-state index contributed by atoms with van der Waals surface area (Å²) < 4.78 is 20.1. The zero-order valence-corrected chi connectivity index (χ0v) is 22.3. The van der Waals surface area contributed by atoms with Crippen LogP contribution in [0.25, 0.3) is 25.1 Å². The highest BCUT2D eigenvalue weighted by atomic mass is 32.2. The fourth-order valence-electron chi connectivity index (χ4n) is 3.88. The molecule has 1 atom stereocenters. The Bertz CT molecular complexity index is 1270. The Morgan fingerprint density at radius 3 is 2.00 bits per heavy atom. The molecule has 1 aromatic heterocycles. The smallest absolute Gasteiger partial charge is 0.346 e. The van der Waals surface area contributed by atoms with E-state index >= 15 is 0 Å². The van der Waals surface area contributed by atoms with Crippen LogP contribution < -0.4 is 4.74 Å². The summed E-state index contributed by atoms with van der Waals surface area (Å²) >= 11 is 0. The van der Waals surface area contributed by atoms with Crippen molar-refractivity contribution in [2.45, 2.75) is 47.8 Å². The van der Waals surface area contributed by atoms with E-state index in [9.17, 15) is 4.79 Å². The second-order valence-electron chi connectivity index (χ2n) is 11.1. The van der Waals surface area contributed by atoms with Crippen LogP contribution in [-0.2, 0) is 14.3 Å². The molecular weight excluding hydrogens is 456 g/mol. The third-order valence-electron chi connectivity index (χ3n) is 5.52. The molecule has 0 saturated carbocycles. The molecule has 4 rings (SSSR count). The number of carbonyl (C=O) groups excluding carboxylic acids is 1. The Morgan fingerprint density at radius 1 is 0.829 bits per heavy atom. The molecule has 184 valence electrons. The van der Waals surface area contributed by atoms with Gasteiger partial charge >= 0.3 is 5.97 Å². The highest BCUT2D eigenvalue weighted by Gasteiger charge is 2.31. The van der Waals surface area contributed by atoms with Crippen molar-refractivity contribution in [2.75, 3.05) is 13.2 Å². The van der Waals surface area contributed by atoms with Gasteiger partial charge in [-0.3, -0.25) is 0 Å². The van der Waals surface area contributed by atoms with Gasteiger partial charge in [-0.05, 0) is 41.8 Å². The quantitative estimate of drug-likeness (QED) is 0.149. The summed E-state index contributed by atoms with van der Waals surface area (Å²) in [5.41, 5.74) is -0.365. The van der Waals surface area contributed by atoms with Gasteiger partial charge in [-0.2, -0.15) is 0 Å². The second kappa shape index (κ2) is 10.00. The molecule has 0 radical (unpaired) electrons. The monoisotopic (exact) mass is 491 g/mol. The van der Waals surface area contributed by atoms with Crippen molar-refractivity contribution in [3.63, 3.8) is 0 Å². The summed E-state index contributed by atoms with van der Waals surface area (Å²) in [5.74, 6) is 0.208. The fraction of sp³-hybridized carbons (Fsp3) is 0.367. The second-order valence-corrected chi connectivity index (χ2v) is 13.1. The van der Waals surface area contributed by atoms with E-state index in [0.717, 1.165) is 4.90 Å². The number of esters is 1. The van der Waals surface area contributed by atoms with E-state index in [1.807, 2.05) is 39.0 Å². The average molecular weight is 492 g/mol. The summed E-state index contributed by atoms with van der Waals surface area (Å²) in [6.45, 7) is 12.6. The molecule has 0 bridgehead atoms. The van der Waals surface area contributed by atoms with E-state index in [1.165, 1.54) is 20.2 Å². The number of fused-ring (bicyclic) bond motifs is 3. The van der Waals surface area contributed by atoms with Gasteiger partial charge in [-0.1, -0.05) is 71.9 Å². The lowest BCUT2D eigenvalue weighted by molar-refractivity contribution is -0.211. The number of rotatable bonds is 7. The maximum Gasteiger partial charge on any atom is 0.346 e. The van der Waals surface area contributed by atoms with Gasteiger partial charge in [0.15, 0.2) is 20.9 Å². The van der Waals surface area contributed by atoms with Crippen LogP contribution in [0.2, 0.25) is 0 Å². The first-order chi connectivity index (χ1) is 16.5. The van der Waals surface area contributed by atoms with E-state index in [0.29, 0.717) is 12.4 Å². The first-order valence-corrected chi connectivity index (χ1v) is 13.2. The zero-order valence-electron chi connectivity index (χ0n) is 21.5. The standard InChI is InChI=1S/C30H35O4S/c1-29(2,3)20-33-28(30(4,5)6)34-27(31)19-32-21-12-11-13-22(18-21)35-25-16-9-7-14-23(25)24-15-8-10-17-26(24)35/h7-18,28H,19-20H2,1-6H3/q+1. The van der Waals surface area contributed by atoms with Crippen LogP contribution in [0.1, 0.15) is 41.5 Å². The molecule has 0 saturated heterocycles. The highest BCUT2D eigenvalue weighted by molar-refractivity contribution is 7.50. The van der Waals surface area contributed by atoms with E-state index < -0.39 is 12.3 Å². The Labute approximate surface area is 210 Å². The number of hydrogen-bond acceptors (Lipinski definition) is 4. The number of hydrogen-bond donors (Lipinski definition) is 0. The van der Waals surface area contributed by atoms with Crippen LogP contribution in [0.4, 0.5) is 0 Å². The molecule has 0 spiro atoms. The van der Waals surface area contributed by atoms with Crippen molar-refractivity contribution in [3.8, 4) is 10.6 Å². The number of ether oxygens (including phenoxy) is 3. The fourth-order valence-corrected chi connectivity index (χ4v) is 6.30. The van der Waals surface area contributed by atoms with E-state index in [1.54, 1.807) is 0 Å². The first kappa shape index (κ1) is 25.2. The minimum Gasteiger partial charge on any atom is -0.482 e. The molecule has 0 aliphatic heterocycles. The van der Waals surface area contributed by atoms with Crippen molar-refractivity contribution in [1.29, 1.82) is 0 Å². The van der Waals surface area contributed by atoms with E-state index in [-0.39, 0.29) is 27.9 Å². The minimum absolute atomic E-state index is 0.0227. The Hall–Kier alpha value is -2.89. The molecule has 0 amide bonds. The van der Waals surface area contributed by atoms with Gasteiger partial charge in [0.05, 0.1) is 6.61 Å². The lowest BCUT2D eigenvalue weighted by atomic mass is 9.94. The molecule has 5 heteroatoms. The van der Waals surface area contributed by atoms with Crippen molar-refractivity contribution >= 4 is 36.6 Å². The lowest BCUT2D eigenvalue weighted by Gasteiger charge is -2.32. The van der Waals surface area contributed by atoms with Crippen molar-refractivity contribution in [2.24, 2.45) is 10.8 Å². The molecular formula is C30H35O4S+. The molecule has 1 heterocycles. The molecule has 35 heavy (non-hydrogen) atoms. The maximum atomic E-state index is 12.6. The van der Waals surface area contributed by atoms with Crippen LogP contribution in [-0.4, -0.2) is 25.5 Å². The summed E-state index contributed by atoms with van der Waals surface area (Å²) in [5, 5.41) is 2.56. The Morgan fingerprint density at radius 2 is 1.43 bits per heavy atom. The molecule has 0 aliphatic rings. The largest absolute Gasteiger partial charge is 0.482 e. The third kappa shape index (κ3) is 6.03. The number of carbonyl (C=O) groups is 1. The molecule has 0 aliphatic carbocycles. The summed E-state index contributed by atoms with van der Waals surface area (Å²) in [4.78, 5) is 13.8. The summed E-state index contributed by atoms with van der Waals surface area (Å²) in [7, 11) is -0.213. The predicted molar refractivity (Wildman–Crippen MR) is 146 cm³/mol. The third-order valence-corrected chi connectivity index (χ3v) is 7.83. The van der Waals surface area contributed by atoms with Crippen molar-refractivity contribution in [3.05, 3.63) is 72.8 Å². The van der Waals surface area contributed by atoms with Crippen LogP contribution in [0.5, 0.6) is 5.75 Å². The zero-order chi connectivity index (χ0) is 25.2.